The van der Waals surface area contributed by atoms with Crippen LogP contribution in [0.3, 0.4) is 0 Å². The number of amides is 2. The Morgan fingerprint density at radius 3 is 2.26 bits per heavy atom. The normalized spacial score (nSPS) is 9.74. The van der Waals surface area contributed by atoms with Gasteiger partial charge in [0.15, 0.2) is 0 Å². The molecule has 2 aromatic carbocycles. The highest BCUT2D eigenvalue weighted by atomic mass is 16.2. The Morgan fingerprint density at radius 2 is 1.65 bits per heavy atom. The Bertz CT molecular complexity index is 763. The minimum atomic E-state index is -0.409. The first-order valence-corrected chi connectivity index (χ1v) is 7.19. The van der Waals surface area contributed by atoms with Crippen LogP contribution in [-0.4, -0.2) is 11.8 Å². The third-order valence-corrected chi connectivity index (χ3v) is 3.16. The highest BCUT2D eigenvalue weighted by Crippen LogP contribution is 2.21. The Labute approximate surface area is 134 Å². The predicted octanol–water partition coefficient (Wildman–Crippen LogP) is 3.03. The van der Waals surface area contributed by atoms with Gasteiger partial charge in [-0.2, -0.15) is 5.26 Å². The van der Waals surface area contributed by atoms with Crippen molar-refractivity contribution in [2.24, 2.45) is 0 Å². The van der Waals surface area contributed by atoms with Gasteiger partial charge in [-0.05, 0) is 24.6 Å². The van der Waals surface area contributed by atoms with Crippen LogP contribution in [0.4, 0.5) is 11.4 Å². The van der Waals surface area contributed by atoms with Crippen molar-refractivity contribution in [2.75, 3.05) is 10.6 Å². The molecule has 0 saturated carbocycles. The largest absolute Gasteiger partial charge is 0.324 e. The number of para-hydroxylation sites is 2. The Balaban J connectivity index is 2.06. The summed E-state index contributed by atoms with van der Waals surface area (Å²) in [6.45, 7) is 1.97. The van der Waals surface area contributed by atoms with Crippen molar-refractivity contribution >= 4 is 23.2 Å². The summed E-state index contributed by atoms with van der Waals surface area (Å²) < 4.78 is 0. The van der Waals surface area contributed by atoms with E-state index in [1.807, 2.05) is 31.2 Å². The molecular formula is C18H17N3O2. The Kier molecular flexibility index (Phi) is 5.48. The van der Waals surface area contributed by atoms with Crippen LogP contribution in [-0.2, 0) is 16.0 Å². The molecule has 116 valence electrons. The van der Waals surface area contributed by atoms with Crippen LogP contribution in [0.15, 0.2) is 48.5 Å². The first kappa shape index (κ1) is 16.2. The molecule has 2 N–H and O–H groups in total. The number of carbonyl (C=O) groups is 2. The molecule has 0 heterocycles. The maximum absolute atomic E-state index is 12.2. The molecule has 23 heavy (non-hydrogen) atoms. The van der Waals surface area contributed by atoms with Crippen LogP contribution < -0.4 is 10.6 Å². The van der Waals surface area contributed by atoms with Crippen LogP contribution in [0.2, 0.25) is 0 Å². The van der Waals surface area contributed by atoms with Gasteiger partial charge < -0.3 is 10.6 Å². The SMILES string of the molecule is Cc1cccc(CC(=O)Nc2ccccc2NC(=O)CC#N)c1. The summed E-state index contributed by atoms with van der Waals surface area (Å²) in [6, 6.07) is 16.4. The zero-order valence-electron chi connectivity index (χ0n) is 12.8. The molecule has 5 heteroatoms. The number of benzene rings is 2. The van der Waals surface area contributed by atoms with Crippen molar-refractivity contribution < 1.29 is 9.59 Å². The van der Waals surface area contributed by atoms with E-state index in [1.165, 1.54) is 0 Å². The van der Waals surface area contributed by atoms with Crippen LogP contribution in [0.5, 0.6) is 0 Å². The molecule has 2 rings (SSSR count). The lowest BCUT2D eigenvalue weighted by atomic mass is 10.1. The van der Waals surface area contributed by atoms with Gasteiger partial charge in [-0.3, -0.25) is 9.59 Å². The molecule has 2 amide bonds. The molecule has 0 saturated heterocycles. The standard InChI is InChI=1S/C18H17N3O2/c1-13-5-4-6-14(11-13)12-18(23)21-16-8-3-2-7-15(16)20-17(22)9-10-19/h2-8,11H,9,12H2,1H3,(H,20,22)(H,21,23). The van der Waals surface area contributed by atoms with Crippen molar-refractivity contribution in [1.82, 2.24) is 0 Å². The van der Waals surface area contributed by atoms with Crippen molar-refractivity contribution in [3.63, 3.8) is 0 Å². The van der Waals surface area contributed by atoms with E-state index in [2.05, 4.69) is 10.6 Å². The molecule has 5 nitrogen and oxygen atoms in total. The molecule has 0 atom stereocenters. The fourth-order valence-electron chi connectivity index (χ4n) is 2.17. The molecule has 0 unspecified atom stereocenters. The molecule has 0 radical (unpaired) electrons. The van der Waals surface area contributed by atoms with Crippen molar-refractivity contribution in [3.8, 4) is 6.07 Å². The second kappa shape index (κ2) is 7.76. The summed E-state index contributed by atoms with van der Waals surface area (Å²) in [7, 11) is 0. The van der Waals surface area contributed by atoms with Gasteiger partial charge in [0.1, 0.15) is 6.42 Å². The number of hydrogen-bond donors (Lipinski definition) is 2. The van der Waals surface area contributed by atoms with Crippen molar-refractivity contribution in [2.45, 2.75) is 19.8 Å². The quantitative estimate of drug-likeness (QED) is 0.890. The first-order valence-electron chi connectivity index (χ1n) is 7.19. The fourth-order valence-corrected chi connectivity index (χ4v) is 2.17. The highest BCUT2D eigenvalue weighted by molar-refractivity contribution is 6.00. The molecule has 0 bridgehead atoms. The minimum absolute atomic E-state index is 0.169. The van der Waals surface area contributed by atoms with E-state index >= 15 is 0 Å². The number of anilines is 2. The maximum atomic E-state index is 12.2. The lowest BCUT2D eigenvalue weighted by molar-refractivity contribution is -0.116. The molecule has 0 aliphatic carbocycles. The van der Waals surface area contributed by atoms with Gasteiger partial charge in [-0.1, -0.05) is 42.0 Å². The second-order valence-electron chi connectivity index (χ2n) is 5.14. The lowest BCUT2D eigenvalue weighted by Crippen LogP contribution is -2.17. The van der Waals surface area contributed by atoms with Gasteiger partial charge in [0.2, 0.25) is 11.8 Å². The minimum Gasteiger partial charge on any atom is -0.324 e. The monoisotopic (exact) mass is 307 g/mol. The van der Waals surface area contributed by atoms with Crippen LogP contribution in [0.1, 0.15) is 17.5 Å². The van der Waals surface area contributed by atoms with E-state index in [0.29, 0.717) is 11.4 Å². The number of carbonyl (C=O) groups excluding carboxylic acids is 2. The Morgan fingerprint density at radius 1 is 1.00 bits per heavy atom. The molecule has 2 aromatic rings. The molecule has 0 aromatic heterocycles. The number of nitriles is 1. The van der Waals surface area contributed by atoms with Crippen LogP contribution in [0.25, 0.3) is 0 Å². The first-order chi connectivity index (χ1) is 11.1. The zero-order valence-corrected chi connectivity index (χ0v) is 12.8. The number of nitrogens with one attached hydrogen (secondary N) is 2. The summed E-state index contributed by atoms with van der Waals surface area (Å²) in [5.74, 6) is -0.578. The van der Waals surface area contributed by atoms with Gasteiger partial charge in [0.25, 0.3) is 0 Å². The number of aryl methyl sites for hydroxylation is 1. The van der Waals surface area contributed by atoms with E-state index in [1.54, 1.807) is 30.3 Å². The highest BCUT2D eigenvalue weighted by Gasteiger charge is 2.09. The molecular weight excluding hydrogens is 290 g/mol. The van der Waals surface area contributed by atoms with E-state index in [-0.39, 0.29) is 18.7 Å². The van der Waals surface area contributed by atoms with E-state index < -0.39 is 5.91 Å². The van der Waals surface area contributed by atoms with E-state index in [0.717, 1.165) is 11.1 Å². The van der Waals surface area contributed by atoms with E-state index in [4.69, 9.17) is 5.26 Å². The fraction of sp³-hybridized carbons (Fsp3) is 0.167. The van der Waals surface area contributed by atoms with Gasteiger partial charge in [0.05, 0.1) is 23.9 Å². The summed E-state index contributed by atoms with van der Waals surface area (Å²) in [6.07, 6.45) is 0.0216. The molecule has 0 aliphatic heterocycles. The van der Waals surface area contributed by atoms with Gasteiger partial charge in [-0.25, -0.2) is 0 Å². The van der Waals surface area contributed by atoms with Gasteiger partial charge in [0, 0.05) is 0 Å². The average Bonchev–Trinajstić information content (AvgIpc) is 2.49. The summed E-state index contributed by atoms with van der Waals surface area (Å²) in [5, 5.41) is 13.9. The van der Waals surface area contributed by atoms with Crippen LogP contribution >= 0.6 is 0 Å². The smallest absolute Gasteiger partial charge is 0.238 e. The zero-order chi connectivity index (χ0) is 16.7. The summed E-state index contributed by atoms with van der Waals surface area (Å²) in [4.78, 5) is 23.7. The van der Waals surface area contributed by atoms with Gasteiger partial charge >= 0.3 is 0 Å². The topological polar surface area (TPSA) is 82.0 Å². The molecule has 0 aliphatic rings. The third kappa shape index (κ3) is 4.97. The lowest BCUT2D eigenvalue weighted by Gasteiger charge is -2.11. The molecule has 0 spiro atoms. The predicted molar refractivity (Wildman–Crippen MR) is 88.8 cm³/mol. The number of hydrogen-bond acceptors (Lipinski definition) is 3. The molecule has 0 fully saturated rings. The maximum Gasteiger partial charge on any atom is 0.238 e. The van der Waals surface area contributed by atoms with Gasteiger partial charge in [-0.15, -0.1) is 0 Å². The number of nitrogens with zero attached hydrogens (tertiary/aromatic N) is 1. The average molecular weight is 307 g/mol. The van der Waals surface area contributed by atoms with Crippen molar-refractivity contribution in [1.29, 1.82) is 5.26 Å². The Hall–Kier alpha value is -3.13. The van der Waals surface area contributed by atoms with E-state index in [9.17, 15) is 9.59 Å². The summed E-state index contributed by atoms with van der Waals surface area (Å²) in [5.41, 5.74) is 3.01. The van der Waals surface area contributed by atoms with Crippen LogP contribution in [0, 0.1) is 18.3 Å². The second-order valence-corrected chi connectivity index (χ2v) is 5.14. The number of rotatable bonds is 5. The summed E-state index contributed by atoms with van der Waals surface area (Å²) >= 11 is 0. The third-order valence-electron chi connectivity index (χ3n) is 3.16. The van der Waals surface area contributed by atoms with Crippen molar-refractivity contribution in [3.05, 3.63) is 59.7 Å².